The van der Waals surface area contributed by atoms with Gasteiger partial charge in [-0.2, -0.15) is 0 Å². The van der Waals surface area contributed by atoms with E-state index in [9.17, 15) is 18.0 Å². The molecule has 3 rings (SSSR count). The molecule has 0 heterocycles. The molecule has 0 fully saturated rings. The van der Waals surface area contributed by atoms with Crippen LogP contribution < -0.4 is 9.62 Å². The Morgan fingerprint density at radius 3 is 2.13 bits per heavy atom. The van der Waals surface area contributed by atoms with Gasteiger partial charge in [-0.05, 0) is 76.4 Å². The molecule has 0 aromatic heterocycles. The molecule has 1 N–H and O–H groups in total. The summed E-state index contributed by atoms with van der Waals surface area (Å²) in [6, 6.07) is 20.4. The quantitative estimate of drug-likeness (QED) is 0.406. The molecule has 0 saturated heterocycles. The Bertz CT molecular complexity index is 1390. The molecule has 0 aliphatic heterocycles. The van der Waals surface area contributed by atoms with Crippen LogP contribution in [-0.4, -0.2) is 43.8 Å². The highest BCUT2D eigenvalue weighted by Crippen LogP contribution is 2.28. The van der Waals surface area contributed by atoms with Crippen molar-refractivity contribution < 1.29 is 18.0 Å². The highest BCUT2D eigenvalue weighted by molar-refractivity contribution is 7.92. The predicted octanol–water partition coefficient (Wildman–Crippen LogP) is 4.75. The summed E-state index contributed by atoms with van der Waals surface area (Å²) in [5, 5.41) is 2.87. The first-order chi connectivity index (χ1) is 17.9. The third kappa shape index (κ3) is 7.01. The van der Waals surface area contributed by atoms with Crippen LogP contribution in [0.5, 0.6) is 0 Å². The molecule has 0 aliphatic carbocycles. The maximum atomic E-state index is 14.0. The third-order valence-corrected chi connectivity index (χ3v) is 8.05. The zero-order chi connectivity index (χ0) is 28.0. The first-order valence-corrected chi connectivity index (χ1v) is 14.1. The van der Waals surface area contributed by atoms with Gasteiger partial charge in [-0.25, -0.2) is 8.42 Å². The van der Waals surface area contributed by atoms with Gasteiger partial charge in [-0.1, -0.05) is 60.2 Å². The van der Waals surface area contributed by atoms with Gasteiger partial charge >= 0.3 is 0 Å². The van der Waals surface area contributed by atoms with E-state index in [4.69, 9.17) is 0 Å². The van der Waals surface area contributed by atoms with Crippen molar-refractivity contribution in [2.45, 2.75) is 65.1 Å². The third-order valence-electron chi connectivity index (χ3n) is 6.28. The summed E-state index contributed by atoms with van der Waals surface area (Å²) < 4.78 is 28.9. The molecule has 0 radical (unpaired) electrons. The predicted molar refractivity (Wildman–Crippen MR) is 151 cm³/mol. The number of carbonyl (C=O) groups excluding carboxylic acids is 2. The average Bonchev–Trinajstić information content (AvgIpc) is 2.87. The first kappa shape index (κ1) is 28.9. The molecule has 202 valence electrons. The van der Waals surface area contributed by atoms with Crippen molar-refractivity contribution in [1.29, 1.82) is 0 Å². The van der Waals surface area contributed by atoms with Crippen LogP contribution in [-0.2, 0) is 26.2 Å². The van der Waals surface area contributed by atoms with Gasteiger partial charge in [-0.15, -0.1) is 0 Å². The number of amides is 2. The Labute approximate surface area is 226 Å². The molecule has 3 aromatic carbocycles. The van der Waals surface area contributed by atoms with Crippen molar-refractivity contribution in [3.63, 3.8) is 0 Å². The molecule has 1 unspecified atom stereocenters. The number of carbonyl (C=O) groups is 2. The molecule has 3 aromatic rings. The molecule has 0 spiro atoms. The molecule has 0 bridgehead atoms. The van der Waals surface area contributed by atoms with Crippen LogP contribution >= 0.6 is 0 Å². The fourth-order valence-electron chi connectivity index (χ4n) is 4.22. The van der Waals surface area contributed by atoms with Gasteiger partial charge in [0.1, 0.15) is 12.6 Å². The number of rotatable bonds is 10. The van der Waals surface area contributed by atoms with Crippen molar-refractivity contribution in [2.75, 3.05) is 10.8 Å². The average molecular weight is 536 g/mol. The number of benzene rings is 3. The highest BCUT2D eigenvalue weighted by Gasteiger charge is 2.33. The van der Waals surface area contributed by atoms with Gasteiger partial charge in [0.05, 0.1) is 10.6 Å². The van der Waals surface area contributed by atoms with Gasteiger partial charge in [0.15, 0.2) is 0 Å². The van der Waals surface area contributed by atoms with E-state index >= 15 is 0 Å². The van der Waals surface area contributed by atoms with Crippen LogP contribution in [0.25, 0.3) is 0 Å². The molecule has 2 amide bonds. The smallest absolute Gasteiger partial charge is 0.264 e. The summed E-state index contributed by atoms with van der Waals surface area (Å²) in [6.07, 6.45) is 0. The van der Waals surface area contributed by atoms with E-state index in [0.29, 0.717) is 5.69 Å². The lowest BCUT2D eigenvalue weighted by molar-refractivity contribution is -0.139. The number of nitrogens with zero attached hydrogens (tertiary/aromatic N) is 2. The van der Waals surface area contributed by atoms with Crippen molar-refractivity contribution in [2.24, 2.45) is 0 Å². The van der Waals surface area contributed by atoms with Crippen LogP contribution in [0.3, 0.4) is 0 Å². The maximum absolute atomic E-state index is 14.0. The Kier molecular flexibility index (Phi) is 9.33. The Balaban J connectivity index is 2.07. The number of sulfonamides is 1. The van der Waals surface area contributed by atoms with Crippen molar-refractivity contribution in [3.8, 4) is 0 Å². The highest BCUT2D eigenvalue weighted by atomic mass is 32.2. The van der Waals surface area contributed by atoms with Crippen molar-refractivity contribution >= 4 is 27.5 Å². The minimum atomic E-state index is -4.08. The number of hydrogen-bond acceptors (Lipinski definition) is 4. The molecule has 1 atom stereocenters. The molecule has 8 heteroatoms. The zero-order valence-electron chi connectivity index (χ0n) is 22.9. The molecule has 0 aliphatic rings. The van der Waals surface area contributed by atoms with Crippen LogP contribution in [0.15, 0.2) is 77.7 Å². The lowest BCUT2D eigenvalue weighted by atomic mass is 10.1. The maximum Gasteiger partial charge on any atom is 0.264 e. The SMILES string of the molecule is Cc1cccc(CN(C(=O)CN(c2cc(C)ccc2C)S(=O)(=O)c2ccccc2)C(C)C(=O)NC(C)C)c1. The van der Waals surface area contributed by atoms with Gasteiger partial charge in [0.2, 0.25) is 11.8 Å². The summed E-state index contributed by atoms with van der Waals surface area (Å²) >= 11 is 0. The number of hydrogen-bond donors (Lipinski definition) is 1. The van der Waals surface area contributed by atoms with Crippen molar-refractivity contribution in [3.05, 3.63) is 95.1 Å². The summed E-state index contributed by atoms with van der Waals surface area (Å²) in [5.74, 6) is -0.775. The second-order valence-corrected chi connectivity index (χ2v) is 11.8. The van der Waals surface area contributed by atoms with Crippen LogP contribution in [0.1, 0.15) is 43.0 Å². The summed E-state index contributed by atoms with van der Waals surface area (Å²) in [5.41, 5.74) is 3.90. The van der Waals surface area contributed by atoms with Gasteiger partial charge in [-0.3, -0.25) is 13.9 Å². The van der Waals surface area contributed by atoms with E-state index in [2.05, 4.69) is 5.32 Å². The van der Waals surface area contributed by atoms with E-state index in [-0.39, 0.29) is 23.4 Å². The molecule has 7 nitrogen and oxygen atoms in total. The molecule has 0 saturated carbocycles. The first-order valence-electron chi connectivity index (χ1n) is 12.7. The van der Waals surface area contributed by atoms with Gasteiger partial charge in [0.25, 0.3) is 10.0 Å². The second-order valence-electron chi connectivity index (χ2n) is 9.96. The zero-order valence-corrected chi connectivity index (χ0v) is 23.7. The van der Waals surface area contributed by atoms with Gasteiger partial charge < -0.3 is 10.2 Å². The lowest BCUT2D eigenvalue weighted by Gasteiger charge is -2.33. The van der Waals surface area contributed by atoms with E-state index in [1.54, 1.807) is 31.2 Å². The Hall–Kier alpha value is -3.65. The number of nitrogens with one attached hydrogen (secondary N) is 1. The van der Waals surface area contributed by atoms with E-state index in [1.807, 2.05) is 71.0 Å². The Morgan fingerprint density at radius 2 is 1.50 bits per heavy atom. The van der Waals surface area contributed by atoms with Crippen LogP contribution in [0.2, 0.25) is 0 Å². The monoisotopic (exact) mass is 535 g/mol. The minimum absolute atomic E-state index is 0.0875. The topological polar surface area (TPSA) is 86.8 Å². The standard InChI is InChI=1S/C30H37N3O4S/c1-21(2)31-30(35)25(6)32(19-26-12-10-11-22(3)17-26)29(34)20-33(28-18-23(4)15-16-24(28)5)38(36,37)27-13-8-7-9-14-27/h7-18,21,25H,19-20H2,1-6H3,(H,31,35). The van der Waals surface area contributed by atoms with Gasteiger partial charge in [0, 0.05) is 12.6 Å². The molecular weight excluding hydrogens is 498 g/mol. The minimum Gasteiger partial charge on any atom is -0.352 e. The summed E-state index contributed by atoms with van der Waals surface area (Å²) in [7, 11) is -4.08. The number of aryl methyl sites for hydroxylation is 3. The van der Waals surface area contributed by atoms with E-state index in [0.717, 1.165) is 26.6 Å². The van der Waals surface area contributed by atoms with Crippen LogP contribution in [0.4, 0.5) is 5.69 Å². The van der Waals surface area contributed by atoms with E-state index in [1.165, 1.54) is 17.0 Å². The second kappa shape index (κ2) is 12.3. The Morgan fingerprint density at radius 1 is 0.842 bits per heavy atom. The molecule has 38 heavy (non-hydrogen) atoms. The fraction of sp³-hybridized carbons (Fsp3) is 0.333. The van der Waals surface area contributed by atoms with Crippen molar-refractivity contribution in [1.82, 2.24) is 10.2 Å². The number of anilines is 1. The van der Waals surface area contributed by atoms with E-state index < -0.39 is 28.5 Å². The largest absolute Gasteiger partial charge is 0.352 e. The summed E-state index contributed by atoms with van der Waals surface area (Å²) in [4.78, 5) is 28.5. The lowest BCUT2D eigenvalue weighted by Crippen LogP contribution is -2.52. The fourth-order valence-corrected chi connectivity index (χ4v) is 5.71. The summed E-state index contributed by atoms with van der Waals surface area (Å²) in [6.45, 7) is 10.7. The van der Waals surface area contributed by atoms with Crippen LogP contribution in [0, 0.1) is 20.8 Å². The normalized spacial score (nSPS) is 12.2. The molecular formula is C30H37N3O4S.